The van der Waals surface area contributed by atoms with Crippen molar-refractivity contribution in [3.8, 4) is 5.75 Å². The number of phenols is 1. The zero-order valence-corrected chi connectivity index (χ0v) is 18.2. The van der Waals surface area contributed by atoms with Crippen LogP contribution < -0.4 is 5.43 Å². The summed E-state index contributed by atoms with van der Waals surface area (Å²) in [7, 11) is 0. The van der Waals surface area contributed by atoms with Crippen molar-refractivity contribution in [2.45, 2.75) is 19.5 Å². The molecule has 0 unspecified atom stereocenters. The van der Waals surface area contributed by atoms with Crippen LogP contribution in [-0.4, -0.2) is 15.9 Å². The molecule has 31 heavy (non-hydrogen) atoms. The van der Waals surface area contributed by atoms with Crippen LogP contribution in [-0.2, 0) is 6.54 Å². The molecule has 0 aliphatic carbocycles. The third-order valence-electron chi connectivity index (χ3n) is 5.61. The summed E-state index contributed by atoms with van der Waals surface area (Å²) in [5.41, 5.74) is 3.29. The molecule has 6 heteroatoms. The number of phenolic OH excluding ortho intramolecular Hbond substituents is 1. The summed E-state index contributed by atoms with van der Waals surface area (Å²) in [6, 6.07) is 19.1. The maximum absolute atomic E-state index is 13.5. The van der Waals surface area contributed by atoms with Gasteiger partial charge in [-0.2, -0.15) is 0 Å². The predicted octanol–water partition coefficient (Wildman–Crippen LogP) is 5.31. The van der Waals surface area contributed by atoms with E-state index in [1.54, 1.807) is 47.4 Å². The van der Waals surface area contributed by atoms with E-state index in [0.717, 1.165) is 21.2 Å². The van der Waals surface area contributed by atoms with Gasteiger partial charge in [0.1, 0.15) is 11.3 Å². The second-order valence-electron chi connectivity index (χ2n) is 7.73. The molecule has 0 saturated carbocycles. The molecule has 1 amide bonds. The molecule has 1 atom stereocenters. The SMILES string of the molecule is Cc1ccc(CN2C(=O)c3oc4ccc(Br)cc4c(=O)c3[C@@H]2c2ccc(O)cc2)cc1. The Hall–Kier alpha value is -3.38. The summed E-state index contributed by atoms with van der Waals surface area (Å²) in [6.45, 7) is 2.33. The van der Waals surface area contributed by atoms with Crippen LogP contribution in [0.15, 0.2) is 80.4 Å². The van der Waals surface area contributed by atoms with E-state index in [-0.39, 0.29) is 22.8 Å². The molecule has 0 radical (unpaired) electrons. The van der Waals surface area contributed by atoms with Crippen LogP contribution in [0.3, 0.4) is 0 Å². The molecule has 5 rings (SSSR count). The Balaban J connectivity index is 1.72. The Labute approximate surface area is 186 Å². The number of halogens is 1. The lowest BCUT2D eigenvalue weighted by Crippen LogP contribution is -2.29. The van der Waals surface area contributed by atoms with E-state index in [0.29, 0.717) is 23.1 Å². The van der Waals surface area contributed by atoms with Crippen molar-refractivity contribution in [3.05, 3.63) is 109 Å². The van der Waals surface area contributed by atoms with Gasteiger partial charge in [0.25, 0.3) is 5.91 Å². The number of aryl methyl sites for hydroxylation is 1. The Morgan fingerprint density at radius 2 is 1.71 bits per heavy atom. The lowest BCUT2D eigenvalue weighted by molar-refractivity contribution is 0.0714. The van der Waals surface area contributed by atoms with E-state index in [2.05, 4.69) is 15.9 Å². The predicted molar refractivity (Wildman–Crippen MR) is 121 cm³/mol. The number of aromatic hydroxyl groups is 1. The Kier molecular flexibility index (Phi) is 4.67. The van der Waals surface area contributed by atoms with E-state index in [1.807, 2.05) is 31.2 Å². The van der Waals surface area contributed by atoms with Crippen LogP contribution in [0.2, 0.25) is 0 Å². The minimum absolute atomic E-state index is 0.0741. The molecule has 0 spiro atoms. The minimum atomic E-state index is -0.607. The first-order valence-electron chi connectivity index (χ1n) is 9.84. The van der Waals surface area contributed by atoms with Crippen molar-refractivity contribution in [1.82, 2.24) is 4.90 Å². The topological polar surface area (TPSA) is 70.8 Å². The molecule has 4 aromatic rings. The smallest absolute Gasteiger partial charge is 0.291 e. The van der Waals surface area contributed by atoms with Gasteiger partial charge >= 0.3 is 0 Å². The van der Waals surface area contributed by atoms with Gasteiger partial charge in [0.15, 0.2) is 5.43 Å². The molecule has 0 fully saturated rings. The van der Waals surface area contributed by atoms with Gasteiger partial charge in [-0.25, -0.2) is 0 Å². The fourth-order valence-corrected chi connectivity index (χ4v) is 4.41. The number of carbonyl (C=O) groups excluding carboxylic acids is 1. The summed E-state index contributed by atoms with van der Waals surface area (Å²) in [5.74, 6) is -0.131. The first kappa shape index (κ1) is 19.6. The van der Waals surface area contributed by atoms with Crippen molar-refractivity contribution < 1.29 is 14.3 Å². The number of carbonyl (C=O) groups is 1. The molecular weight excluding hydrogens is 458 g/mol. The molecule has 1 N–H and O–H groups in total. The van der Waals surface area contributed by atoms with Gasteiger partial charge in [-0.15, -0.1) is 0 Å². The summed E-state index contributed by atoms with van der Waals surface area (Å²) in [6.07, 6.45) is 0. The van der Waals surface area contributed by atoms with E-state index < -0.39 is 6.04 Å². The van der Waals surface area contributed by atoms with Crippen LogP contribution in [0.1, 0.15) is 38.9 Å². The summed E-state index contributed by atoms with van der Waals surface area (Å²) >= 11 is 3.40. The third kappa shape index (κ3) is 3.33. The van der Waals surface area contributed by atoms with E-state index in [4.69, 9.17) is 4.42 Å². The average Bonchev–Trinajstić information content (AvgIpc) is 3.03. The second kappa shape index (κ2) is 7.39. The maximum Gasteiger partial charge on any atom is 0.291 e. The lowest BCUT2D eigenvalue weighted by atomic mass is 9.98. The van der Waals surface area contributed by atoms with Crippen LogP contribution in [0, 0.1) is 6.92 Å². The summed E-state index contributed by atoms with van der Waals surface area (Å²) in [5, 5.41) is 10.2. The molecule has 1 aromatic heterocycles. The molecule has 0 bridgehead atoms. The van der Waals surface area contributed by atoms with E-state index in [1.165, 1.54) is 0 Å². The van der Waals surface area contributed by atoms with Crippen molar-refractivity contribution >= 4 is 32.8 Å². The number of benzene rings is 3. The van der Waals surface area contributed by atoms with E-state index in [9.17, 15) is 14.7 Å². The van der Waals surface area contributed by atoms with Gasteiger partial charge in [-0.3, -0.25) is 9.59 Å². The van der Waals surface area contributed by atoms with Gasteiger partial charge < -0.3 is 14.4 Å². The highest BCUT2D eigenvalue weighted by molar-refractivity contribution is 9.10. The van der Waals surface area contributed by atoms with Crippen LogP contribution in [0.4, 0.5) is 0 Å². The van der Waals surface area contributed by atoms with Crippen LogP contribution >= 0.6 is 15.9 Å². The van der Waals surface area contributed by atoms with Crippen molar-refractivity contribution in [2.24, 2.45) is 0 Å². The monoisotopic (exact) mass is 475 g/mol. The number of amides is 1. The number of fused-ring (bicyclic) bond motifs is 2. The summed E-state index contributed by atoms with van der Waals surface area (Å²) < 4.78 is 6.71. The molecule has 0 saturated heterocycles. The van der Waals surface area contributed by atoms with Gasteiger partial charge in [-0.1, -0.05) is 57.9 Å². The van der Waals surface area contributed by atoms with Gasteiger partial charge in [0, 0.05) is 11.0 Å². The average molecular weight is 476 g/mol. The molecule has 5 nitrogen and oxygen atoms in total. The maximum atomic E-state index is 13.5. The number of hydrogen-bond acceptors (Lipinski definition) is 4. The Bertz CT molecular complexity index is 1370. The molecule has 1 aliphatic rings. The summed E-state index contributed by atoms with van der Waals surface area (Å²) in [4.78, 5) is 28.6. The van der Waals surface area contributed by atoms with Crippen molar-refractivity contribution in [3.63, 3.8) is 0 Å². The molecule has 2 heterocycles. The number of nitrogens with zero attached hydrogens (tertiary/aromatic N) is 1. The Morgan fingerprint density at radius 3 is 2.42 bits per heavy atom. The molecule has 1 aliphatic heterocycles. The quantitative estimate of drug-likeness (QED) is 0.435. The van der Waals surface area contributed by atoms with Crippen molar-refractivity contribution in [2.75, 3.05) is 0 Å². The fourth-order valence-electron chi connectivity index (χ4n) is 4.05. The normalized spacial score (nSPS) is 15.5. The number of hydrogen-bond donors (Lipinski definition) is 1. The zero-order valence-electron chi connectivity index (χ0n) is 16.6. The van der Waals surface area contributed by atoms with Crippen LogP contribution in [0.25, 0.3) is 11.0 Å². The zero-order chi connectivity index (χ0) is 21.7. The highest BCUT2D eigenvalue weighted by Crippen LogP contribution is 2.39. The molecule has 3 aromatic carbocycles. The third-order valence-corrected chi connectivity index (χ3v) is 6.10. The van der Waals surface area contributed by atoms with Crippen LogP contribution in [0.5, 0.6) is 5.75 Å². The lowest BCUT2D eigenvalue weighted by Gasteiger charge is -2.25. The highest BCUT2D eigenvalue weighted by atomic mass is 79.9. The molecular formula is C25H18BrNO4. The first-order valence-corrected chi connectivity index (χ1v) is 10.6. The first-order chi connectivity index (χ1) is 14.9. The largest absolute Gasteiger partial charge is 0.508 e. The van der Waals surface area contributed by atoms with Crippen molar-refractivity contribution in [1.29, 1.82) is 0 Å². The number of rotatable bonds is 3. The van der Waals surface area contributed by atoms with Gasteiger partial charge in [-0.05, 0) is 48.4 Å². The standard InChI is InChI=1S/C25H18BrNO4/c1-14-2-4-15(5-3-14)13-27-22(16-6-9-18(28)10-7-16)21-23(29)19-12-17(26)8-11-20(19)31-24(21)25(27)30/h2-12,22,28H,13H2,1H3/t22-/m0/s1. The van der Waals surface area contributed by atoms with E-state index >= 15 is 0 Å². The minimum Gasteiger partial charge on any atom is -0.508 e. The Morgan fingerprint density at radius 1 is 1.00 bits per heavy atom. The van der Waals surface area contributed by atoms with Gasteiger partial charge in [0.2, 0.25) is 5.76 Å². The molecule has 154 valence electrons. The fraction of sp³-hybridized carbons (Fsp3) is 0.120. The second-order valence-corrected chi connectivity index (χ2v) is 8.64. The van der Waals surface area contributed by atoms with Gasteiger partial charge in [0.05, 0.1) is 17.0 Å². The highest BCUT2D eigenvalue weighted by Gasteiger charge is 2.42.